The molecule has 32 heavy (non-hydrogen) atoms. The molecule has 0 spiro atoms. The first-order chi connectivity index (χ1) is 15.4. The van der Waals surface area contributed by atoms with Gasteiger partial charge >= 0.3 is 0 Å². The van der Waals surface area contributed by atoms with Gasteiger partial charge in [-0.1, -0.05) is 31.3 Å². The van der Waals surface area contributed by atoms with Crippen molar-refractivity contribution in [3.8, 4) is 9.88 Å². The minimum absolute atomic E-state index is 0.0896. The molecule has 0 fully saturated rings. The highest BCUT2D eigenvalue weighted by molar-refractivity contribution is 7.20. The normalized spacial score (nSPS) is 16.5. The van der Waals surface area contributed by atoms with Gasteiger partial charge in [0, 0.05) is 31.2 Å². The maximum Gasteiger partial charge on any atom is 0.228 e. The highest BCUT2D eigenvalue weighted by Gasteiger charge is 2.34. The molecular weight excluding hydrogens is 464 g/mol. The Morgan fingerprint density at radius 3 is 2.81 bits per heavy atom. The van der Waals surface area contributed by atoms with Crippen LogP contribution in [0.3, 0.4) is 0 Å². The van der Waals surface area contributed by atoms with Gasteiger partial charge in [-0.05, 0) is 17.9 Å². The van der Waals surface area contributed by atoms with E-state index in [4.69, 9.17) is 0 Å². The predicted octanol–water partition coefficient (Wildman–Crippen LogP) is 4.72. The van der Waals surface area contributed by atoms with E-state index in [-0.39, 0.29) is 29.9 Å². The number of anilines is 1. The number of hydrogen-bond donors (Lipinski definition) is 1. The predicted molar refractivity (Wildman–Crippen MR) is 128 cm³/mol. The summed E-state index contributed by atoms with van der Waals surface area (Å²) in [6, 6.07) is 4.02. The molecule has 3 heterocycles. The number of carbonyl (C=O) groups excluding carboxylic acids is 3. The monoisotopic (exact) mass is 488 g/mol. The Morgan fingerprint density at radius 2 is 2.09 bits per heavy atom. The Hall–Kier alpha value is -2.43. The number of hydrogen-bond acceptors (Lipinski definition) is 8. The Balaban J connectivity index is 1.41. The van der Waals surface area contributed by atoms with Crippen LogP contribution in [0.15, 0.2) is 22.9 Å². The van der Waals surface area contributed by atoms with Crippen molar-refractivity contribution < 1.29 is 14.4 Å². The molecule has 3 aromatic heterocycles. The fourth-order valence-corrected chi connectivity index (χ4v) is 6.07. The molecule has 0 saturated carbocycles. The summed E-state index contributed by atoms with van der Waals surface area (Å²) in [7, 11) is 1.74. The van der Waals surface area contributed by atoms with E-state index in [1.807, 2.05) is 36.7 Å². The van der Waals surface area contributed by atoms with Crippen LogP contribution in [0.4, 0.5) is 5.13 Å². The van der Waals surface area contributed by atoms with Crippen LogP contribution in [0.5, 0.6) is 0 Å². The quantitative estimate of drug-likeness (QED) is 0.520. The van der Waals surface area contributed by atoms with E-state index in [1.54, 1.807) is 34.6 Å². The van der Waals surface area contributed by atoms with E-state index in [2.05, 4.69) is 15.3 Å². The Labute approximate surface area is 198 Å². The third-order valence-electron chi connectivity index (χ3n) is 5.52. The number of ketones is 1. The zero-order chi connectivity index (χ0) is 22.8. The zero-order valence-electron chi connectivity index (χ0n) is 18.1. The van der Waals surface area contributed by atoms with Crippen LogP contribution < -0.4 is 5.32 Å². The van der Waals surface area contributed by atoms with Crippen LogP contribution in [-0.4, -0.2) is 39.5 Å². The number of nitrogens with one attached hydrogen (secondary N) is 1. The summed E-state index contributed by atoms with van der Waals surface area (Å²) in [5, 5.41) is 8.16. The number of nitrogens with zero attached hydrogens (tertiary/aromatic N) is 3. The van der Waals surface area contributed by atoms with Crippen molar-refractivity contribution in [3.63, 3.8) is 0 Å². The topological polar surface area (TPSA) is 92.3 Å². The summed E-state index contributed by atoms with van der Waals surface area (Å²) < 4.78 is 0. The molecule has 3 aromatic rings. The Bertz CT molecular complexity index is 1140. The zero-order valence-corrected chi connectivity index (χ0v) is 20.5. The van der Waals surface area contributed by atoms with E-state index in [9.17, 15) is 14.4 Å². The lowest BCUT2D eigenvalue weighted by Crippen LogP contribution is -2.36. The first kappa shape index (κ1) is 22.8. The Morgan fingerprint density at radius 1 is 1.28 bits per heavy atom. The molecule has 10 heteroatoms. The van der Waals surface area contributed by atoms with Crippen LogP contribution in [-0.2, 0) is 22.6 Å². The summed E-state index contributed by atoms with van der Waals surface area (Å²) in [6.07, 6.45) is 1.29. The first-order valence-corrected chi connectivity index (χ1v) is 13.0. The van der Waals surface area contributed by atoms with Gasteiger partial charge in [-0.25, -0.2) is 9.97 Å². The number of rotatable bonds is 7. The van der Waals surface area contributed by atoms with Gasteiger partial charge in [0.2, 0.25) is 11.8 Å². The average molecular weight is 489 g/mol. The second kappa shape index (κ2) is 9.60. The maximum atomic E-state index is 13.1. The number of Topliss-reactive ketones (excluding diaryl/α,β-unsaturated/α-hetero) is 1. The highest BCUT2D eigenvalue weighted by Crippen LogP contribution is 2.34. The van der Waals surface area contributed by atoms with Crippen molar-refractivity contribution >= 4 is 56.7 Å². The summed E-state index contributed by atoms with van der Waals surface area (Å²) >= 11 is 4.40. The molecule has 0 aromatic carbocycles. The van der Waals surface area contributed by atoms with Gasteiger partial charge < -0.3 is 10.2 Å². The number of amides is 2. The molecule has 168 valence electrons. The van der Waals surface area contributed by atoms with Crippen molar-refractivity contribution in [2.24, 2.45) is 11.8 Å². The molecule has 2 unspecified atom stereocenters. The minimum Gasteiger partial charge on any atom is -0.340 e. The van der Waals surface area contributed by atoms with Gasteiger partial charge in [0.05, 0.1) is 33.6 Å². The van der Waals surface area contributed by atoms with E-state index in [0.29, 0.717) is 28.7 Å². The second-order valence-corrected chi connectivity index (χ2v) is 10.7. The largest absolute Gasteiger partial charge is 0.340 e. The molecule has 1 aliphatic carbocycles. The lowest BCUT2D eigenvalue weighted by atomic mass is 9.89. The van der Waals surface area contributed by atoms with Crippen molar-refractivity contribution in [2.45, 2.75) is 39.7 Å². The average Bonchev–Trinajstić information content (AvgIpc) is 3.52. The van der Waals surface area contributed by atoms with Gasteiger partial charge in [0.15, 0.2) is 10.9 Å². The molecule has 2 atom stereocenters. The Kier molecular flexibility index (Phi) is 6.82. The van der Waals surface area contributed by atoms with Crippen molar-refractivity contribution in [2.75, 3.05) is 12.4 Å². The smallest absolute Gasteiger partial charge is 0.228 e. The van der Waals surface area contributed by atoms with E-state index < -0.39 is 5.92 Å². The number of carbonyl (C=O) groups is 3. The van der Waals surface area contributed by atoms with Crippen LogP contribution >= 0.6 is 34.0 Å². The summed E-state index contributed by atoms with van der Waals surface area (Å²) in [4.78, 5) is 50.3. The van der Waals surface area contributed by atoms with E-state index >= 15 is 0 Å². The molecule has 1 N–H and O–H groups in total. The van der Waals surface area contributed by atoms with Gasteiger partial charge in [0.1, 0.15) is 5.01 Å². The van der Waals surface area contributed by atoms with Crippen LogP contribution in [0.2, 0.25) is 0 Å². The third kappa shape index (κ3) is 4.82. The van der Waals surface area contributed by atoms with E-state index in [1.165, 1.54) is 11.3 Å². The van der Waals surface area contributed by atoms with Crippen LogP contribution in [0, 0.1) is 11.8 Å². The minimum atomic E-state index is -0.449. The standard InChI is InChI=1S/C22H24N4O3S3/c1-4-12(2)19(28)25-22-24-15-8-13(9-16(27)18(15)32-22)21(29)26(3)10-14-11-31-20(23-14)17-6-5-7-30-17/h5-7,11-13H,4,8-10H2,1-3H3,(H,24,25,28). The molecule has 0 bridgehead atoms. The molecule has 0 radical (unpaired) electrons. The van der Waals surface area contributed by atoms with Gasteiger partial charge in [-0.15, -0.1) is 22.7 Å². The van der Waals surface area contributed by atoms with E-state index in [0.717, 1.165) is 22.0 Å². The lowest BCUT2D eigenvalue weighted by Gasteiger charge is -2.25. The van der Waals surface area contributed by atoms with Crippen LogP contribution in [0.1, 0.15) is 47.7 Å². The summed E-state index contributed by atoms with van der Waals surface area (Å²) in [6.45, 7) is 4.19. The van der Waals surface area contributed by atoms with Crippen molar-refractivity contribution in [1.29, 1.82) is 0 Å². The van der Waals surface area contributed by atoms with Crippen molar-refractivity contribution in [1.82, 2.24) is 14.9 Å². The SMILES string of the molecule is CCC(C)C(=O)Nc1nc2c(s1)C(=O)CC(C(=O)N(C)Cc1csc(-c3cccs3)n1)C2. The molecule has 4 rings (SSSR count). The van der Waals surface area contributed by atoms with Crippen LogP contribution in [0.25, 0.3) is 9.88 Å². The first-order valence-electron chi connectivity index (χ1n) is 10.4. The van der Waals surface area contributed by atoms with Gasteiger partial charge in [-0.3, -0.25) is 14.4 Å². The van der Waals surface area contributed by atoms with Gasteiger partial charge in [0.25, 0.3) is 0 Å². The number of thiazole rings is 2. The summed E-state index contributed by atoms with van der Waals surface area (Å²) in [5.41, 5.74) is 1.44. The number of thiophene rings is 1. The molecule has 7 nitrogen and oxygen atoms in total. The maximum absolute atomic E-state index is 13.1. The molecule has 1 aliphatic rings. The number of fused-ring (bicyclic) bond motifs is 1. The lowest BCUT2D eigenvalue weighted by molar-refractivity contribution is -0.134. The fraction of sp³-hybridized carbons (Fsp3) is 0.409. The van der Waals surface area contributed by atoms with Gasteiger partial charge in [-0.2, -0.15) is 0 Å². The molecule has 0 aliphatic heterocycles. The summed E-state index contributed by atoms with van der Waals surface area (Å²) in [5.74, 6) is -0.860. The number of aromatic nitrogens is 2. The fourth-order valence-electron chi connectivity index (χ4n) is 3.50. The highest BCUT2D eigenvalue weighted by atomic mass is 32.1. The second-order valence-electron chi connectivity index (χ2n) is 7.94. The molecule has 2 amide bonds. The van der Waals surface area contributed by atoms with Crippen molar-refractivity contribution in [3.05, 3.63) is 39.2 Å². The molecule has 0 saturated heterocycles. The third-order valence-corrected chi connectivity index (χ3v) is 8.50. The molecular formula is C22H24N4O3S3.